The third-order valence-corrected chi connectivity index (χ3v) is 5.42. The van der Waals surface area contributed by atoms with Gasteiger partial charge in [0.25, 0.3) is 0 Å². The van der Waals surface area contributed by atoms with Crippen LogP contribution in [0.2, 0.25) is 0 Å². The van der Waals surface area contributed by atoms with Crippen molar-refractivity contribution in [2.24, 2.45) is 0 Å². The number of rotatable bonds is 4. The van der Waals surface area contributed by atoms with Crippen molar-refractivity contribution in [1.82, 2.24) is 15.3 Å². The summed E-state index contributed by atoms with van der Waals surface area (Å²) < 4.78 is 14.6. The Morgan fingerprint density at radius 1 is 1.00 bits per heavy atom. The molecule has 0 radical (unpaired) electrons. The molecule has 1 aliphatic rings. The number of alkyl halides is 1. The molecule has 1 aliphatic carbocycles. The maximum atomic E-state index is 14.6. The lowest BCUT2D eigenvalue weighted by atomic mass is 10.0. The van der Waals surface area contributed by atoms with E-state index in [1.165, 1.54) is 0 Å². The first-order valence-electron chi connectivity index (χ1n) is 9.26. The van der Waals surface area contributed by atoms with Crippen LogP contribution in [0.4, 0.5) is 4.39 Å². The molecule has 2 N–H and O–H groups in total. The maximum absolute atomic E-state index is 14.6. The average molecular weight is 394 g/mol. The van der Waals surface area contributed by atoms with Crippen molar-refractivity contribution in [1.29, 1.82) is 0 Å². The van der Waals surface area contributed by atoms with Gasteiger partial charge in [-0.1, -0.05) is 54.6 Å². The van der Waals surface area contributed by atoms with Crippen molar-refractivity contribution in [2.45, 2.75) is 25.2 Å². The van der Waals surface area contributed by atoms with Gasteiger partial charge in [-0.25, -0.2) is 9.37 Å². The minimum absolute atomic E-state index is 0. The summed E-state index contributed by atoms with van der Waals surface area (Å²) in [5, 5.41) is 3.39. The highest BCUT2D eigenvalue weighted by Gasteiger charge is 2.31. The fourth-order valence-corrected chi connectivity index (χ4v) is 3.90. The number of nitrogens with one attached hydrogen (secondary N) is 2. The molecule has 5 rings (SSSR count). The molecule has 0 aliphatic heterocycles. The molecule has 28 heavy (non-hydrogen) atoms. The van der Waals surface area contributed by atoms with Gasteiger partial charge in [0.05, 0.1) is 17.4 Å². The molecule has 5 heteroatoms. The summed E-state index contributed by atoms with van der Waals surface area (Å²) in [6, 6.07) is 22.3. The summed E-state index contributed by atoms with van der Waals surface area (Å²) in [5.74, 6) is 0. The minimum Gasteiger partial charge on any atom is -0.345 e. The van der Waals surface area contributed by atoms with E-state index in [1.807, 2.05) is 30.3 Å². The van der Waals surface area contributed by atoms with Crippen LogP contribution in [0.15, 0.2) is 73.1 Å². The summed E-state index contributed by atoms with van der Waals surface area (Å²) in [5.41, 5.74) is 7.41. The quantitative estimate of drug-likeness (QED) is 0.489. The molecule has 142 valence electrons. The topological polar surface area (TPSA) is 40.7 Å². The number of hydrogen-bond acceptors (Lipinski definition) is 2. The Morgan fingerprint density at radius 3 is 2.61 bits per heavy atom. The van der Waals surface area contributed by atoms with Gasteiger partial charge in [-0.2, -0.15) is 0 Å². The zero-order valence-corrected chi connectivity index (χ0v) is 16.0. The van der Waals surface area contributed by atoms with Crippen LogP contribution in [-0.4, -0.2) is 16.0 Å². The van der Waals surface area contributed by atoms with Gasteiger partial charge in [-0.15, -0.1) is 12.4 Å². The van der Waals surface area contributed by atoms with Gasteiger partial charge >= 0.3 is 0 Å². The predicted molar refractivity (Wildman–Crippen MR) is 113 cm³/mol. The number of aromatic nitrogens is 2. The lowest BCUT2D eigenvalue weighted by molar-refractivity contribution is 0.271. The highest BCUT2D eigenvalue weighted by Crippen LogP contribution is 2.34. The number of halogens is 2. The normalized spacial score (nSPS) is 18.0. The van der Waals surface area contributed by atoms with Crippen molar-refractivity contribution < 1.29 is 4.39 Å². The second-order valence-corrected chi connectivity index (χ2v) is 7.12. The monoisotopic (exact) mass is 393 g/mol. The van der Waals surface area contributed by atoms with E-state index < -0.39 is 6.17 Å². The van der Waals surface area contributed by atoms with Crippen molar-refractivity contribution in [3.63, 3.8) is 0 Å². The zero-order valence-electron chi connectivity index (χ0n) is 15.2. The molecule has 0 fully saturated rings. The Morgan fingerprint density at radius 2 is 1.79 bits per heavy atom. The lowest BCUT2D eigenvalue weighted by Crippen LogP contribution is -2.30. The SMILES string of the molecule is Cl.FC1c2ccccc2CC1NCc1ccc(-c2ccc3[nH]cnc3c2)cc1. The molecule has 0 spiro atoms. The highest BCUT2D eigenvalue weighted by molar-refractivity contribution is 5.85. The summed E-state index contributed by atoms with van der Waals surface area (Å²) in [4.78, 5) is 7.43. The first kappa shape index (κ1) is 18.7. The number of H-pyrrole nitrogens is 1. The minimum atomic E-state index is -0.930. The van der Waals surface area contributed by atoms with Crippen molar-refractivity contribution in [3.05, 3.63) is 89.7 Å². The Kier molecular flexibility index (Phi) is 5.16. The van der Waals surface area contributed by atoms with Crippen LogP contribution < -0.4 is 5.32 Å². The molecule has 0 bridgehead atoms. The summed E-state index contributed by atoms with van der Waals surface area (Å²) >= 11 is 0. The summed E-state index contributed by atoms with van der Waals surface area (Å²) in [6.45, 7) is 0.664. The smallest absolute Gasteiger partial charge is 0.141 e. The van der Waals surface area contributed by atoms with E-state index in [4.69, 9.17) is 0 Å². The maximum Gasteiger partial charge on any atom is 0.141 e. The third kappa shape index (κ3) is 3.41. The van der Waals surface area contributed by atoms with Gasteiger partial charge in [0.2, 0.25) is 0 Å². The van der Waals surface area contributed by atoms with Gasteiger partial charge in [-0.05, 0) is 46.4 Å². The van der Waals surface area contributed by atoms with Gasteiger partial charge in [0.1, 0.15) is 6.17 Å². The van der Waals surface area contributed by atoms with Crippen molar-refractivity contribution >= 4 is 23.4 Å². The Hall–Kier alpha value is -2.69. The number of imidazole rings is 1. The van der Waals surface area contributed by atoms with Crippen LogP contribution in [0.5, 0.6) is 0 Å². The Balaban J connectivity index is 0.00000192. The van der Waals surface area contributed by atoms with Crippen LogP contribution in [-0.2, 0) is 13.0 Å². The predicted octanol–water partition coefficient (Wildman–Crippen LogP) is 5.38. The molecule has 4 aromatic rings. The van der Waals surface area contributed by atoms with Crippen molar-refractivity contribution in [3.8, 4) is 11.1 Å². The fourth-order valence-electron chi connectivity index (χ4n) is 3.90. The van der Waals surface area contributed by atoms with E-state index >= 15 is 0 Å². The third-order valence-electron chi connectivity index (χ3n) is 5.42. The Labute approximate surface area is 169 Å². The number of aromatic amines is 1. The first-order chi connectivity index (χ1) is 13.3. The molecule has 2 unspecified atom stereocenters. The van der Waals surface area contributed by atoms with E-state index in [9.17, 15) is 4.39 Å². The molecule has 0 saturated carbocycles. The van der Waals surface area contributed by atoms with E-state index in [0.717, 1.165) is 45.3 Å². The van der Waals surface area contributed by atoms with E-state index in [-0.39, 0.29) is 18.4 Å². The number of hydrogen-bond donors (Lipinski definition) is 2. The van der Waals surface area contributed by atoms with E-state index in [2.05, 4.69) is 51.7 Å². The molecular weight excluding hydrogens is 373 g/mol. The average Bonchev–Trinajstić information content (AvgIpc) is 3.31. The molecule has 1 heterocycles. The van der Waals surface area contributed by atoms with E-state index in [0.29, 0.717) is 6.54 Å². The van der Waals surface area contributed by atoms with Crippen LogP contribution in [0.1, 0.15) is 22.9 Å². The number of benzene rings is 3. The second kappa shape index (κ2) is 7.74. The number of nitrogens with zero attached hydrogens (tertiary/aromatic N) is 1. The van der Waals surface area contributed by atoms with Gasteiger partial charge in [-0.3, -0.25) is 0 Å². The first-order valence-corrected chi connectivity index (χ1v) is 9.26. The molecule has 0 amide bonds. The standard InChI is InChI=1S/C23H20FN3.ClH/c24-23-19-4-2-1-3-18(19)12-22(23)25-13-15-5-7-16(8-6-15)17-9-10-20-21(11-17)27-14-26-20;/h1-11,14,22-23,25H,12-13H2,(H,26,27);1H. The lowest BCUT2D eigenvalue weighted by Gasteiger charge is -2.15. The fraction of sp³-hybridized carbons (Fsp3) is 0.174. The molecular formula is C23H21ClFN3. The molecule has 1 aromatic heterocycles. The van der Waals surface area contributed by atoms with Crippen LogP contribution in [0.25, 0.3) is 22.2 Å². The zero-order chi connectivity index (χ0) is 18.2. The molecule has 2 atom stereocenters. The molecule has 3 aromatic carbocycles. The van der Waals surface area contributed by atoms with E-state index in [1.54, 1.807) is 6.33 Å². The largest absolute Gasteiger partial charge is 0.345 e. The summed E-state index contributed by atoms with van der Waals surface area (Å²) in [7, 11) is 0. The van der Waals surface area contributed by atoms with Crippen LogP contribution in [0.3, 0.4) is 0 Å². The van der Waals surface area contributed by atoms with Gasteiger partial charge in [0.15, 0.2) is 0 Å². The number of fused-ring (bicyclic) bond motifs is 2. The Bertz CT molecular complexity index is 1090. The van der Waals surface area contributed by atoms with Gasteiger partial charge < -0.3 is 10.3 Å². The van der Waals surface area contributed by atoms with Crippen LogP contribution in [0, 0.1) is 0 Å². The van der Waals surface area contributed by atoms with Crippen molar-refractivity contribution in [2.75, 3.05) is 0 Å². The van der Waals surface area contributed by atoms with Crippen LogP contribution >= 0.6 is 12.4 Å². The molecule has 0 saturated heterocycles. The van der Waals surface area contributed by atoms with Gasteiger partial charge in [0, 0.05) is 12.6 Å². The summed E-state index contributed by atoms with van der Waals surface area (Å²) in [6.07, 6.45) is 1.53. The highest BCUT2D eigenvalue weighted by atomic mass is 35.5. The second-order valence-electron chi connectivity index (χ2n) is 7.12. The molecule has 3 nitrogen and oxygen atoms in total.